The number of aromatic nitrogens is 5. The van der Waals surface area contributed by atoms with Crippen LogP contribution in [0.3, 0.4) is 0 Å². The third-order valence-electron chi connectivity index (χ3n) is 3.44. The van der Waals surface area contributed by atoms with Gasteiger partial charge in [-0.05, 0) is 18.2 Å². The number of H-pyrrole nitrogens is 1. The van der Waals surface area contributed by atoms with Crippen molar-refractivity contribution in [2.75, 3.05) is 0 Å². The van der Waals surface area contributed by atoms with Gasteiger partial charge in [-0.25, -0.2) is 13.9 Å². The van der Waals surface area contributed by atoms with Gasteiger partial charge in [0.05, 0.1) is 29.7 Å². The van der Waals surface area contributed by atoms with Crippen LogP contribution in [0, 0.1) is 17.1 Å². The van der Waals surface area contributed by atoms with Crippen LogP contribution in [-0.2, 0) is 0 Å². The maximum absolute atomic E-state index is 13.1. The van der Waals surface area contributed by atoms with E-state index < -0.39 is 5.82 Å². The molecule has 0 saturated heterocycles. The molecule has 0 radical (unpaired) electrons. The largest absolute Gasteiger partial charge is 0.285 e. The van der Waals surface area contributed by atoms with Gasteiger partial charge in [-0.1, -0.05) is 11.8 Å². The van der Waals surface area contributed by atoms with Gasteiger partial charge < -0.3 is 0 Å². The zero-order valence-electron chi connectivity index (χ0n) is 12.1. The molecule has 1 N–H and O–H groups in total. The summed E-state index contributed by atoms with van der Waals surface area (Å²) in [5.74, 6) is -0.390. The molecular weight excluding hydrogens is 327 g/mol. The summed E-state index contributed by atoms with van der Waals surface area (Å²) in [7, 11) is 0. The number of fused-ring (bicyclic) bond motifs is 1. The van der Waals surface area contributed by atoms with Crippen LogP contribution in [-0.4, -0.2) is 24.8 Å². The van der Waals surface area contributed by atoms with Crippen LogP contribution in [0.2, 0.25) is 0 Å². The van der Waals surface area contributed by atoms with Gasteiger partial charge in [0, 0.05) is 28.4 Å². The Morgan fingerprint density at radius 1 is 1.21 bits per heavy atom. The SMILES string of the molecule is N#Cc1cnn2cc(-c3cn[nH]c3)cc(Sc3ccc(F)cn3)c12. The molecule has 4 rings (SSSR count). The van der Waals surface area contributed by atoms with Gasteiger partial charge in [0.15, 0.2) is 0 Å². The Kier molecular flexibility index (Phi) is 3.48. The maximum atomic E-state index is 13.1. The minimum absolute atomic E-state index is 0.390. The topological polar surface area (TPSA) is 82.7 Å². The number of nitrogens with zero attached hydrogens (tertiary/aromatic N) is 5. The quantitative estimate of drug-likeness (QED) is 0.621. The van der Waals surface area contributed by atoms with Crippen LogP contribution in [0.4, 0.5) is 4.39 Å². The number of nitrogens with one attached hydrogen (secondary N) is 1. The van der Waals surface area contributed by atoms with Gasteiger partial charge in [0.2, 0.25) is 0 Å². The summed E-state index contributed by atoms with van der Waals surface area (Å²) in [6.07, 6.45) is 8.02. The van der Waals surface area contributed by atoms with E-state index in [0.29, 0.717) is 16.1 Å². The minimum Gasteiger partial charge on any atom is -0.285 e. The smallest absolute Gasteiger partial charge is 0.141 e. The van der Waals surface area contributed by atoms with Crippen LogP contribution in [0.5, 0.6) is 0 Å². The average Bonchev–Trinajstić information content (AvgIpc) is 3.26. The van der Waals surface area contributed by atoms with E-state index in [9.17, 15) is 9.65 Å². The normalized spacial score (nSPS) is 10.8. The Hall–Kier alpha value is -3.18. The Labute approximate surface area is 140 Å². The van der Waals surface area contributed by atoms with Crippen LogP contribution in [0.1, 0.15) is 5.56 Å². The summed E-state index contributed by atoms with van der Waals surface area (Å²) in [6.45, 7) is 0. The van der Waals surface area contributed by atoms with Gasteiger partial charge in [-0.2, -0.15) is 15.5 Å². The van der Waals surface area contributed by atoms with Crippen LogP contribution >= 0.6 is 11.8 Å². The fourth-order valence-electron chi connectivity index (χ4n) is 2.35. The molecule has 0 aromatic carbocycles. The summed E-state index contributed by atoms with van der Waals surface area (Å²) >= 11 is 1.35. The first-order valence-corrected chi connectivity index (χ1v) is 7.76. The molecule has 0 spiro atoms. The van der Waals surface area contributed by atoms with E-state index in [1.54, 1.807) is 23.0 Å². The fourth-order valence-corrected chi connectivity index (χ4v) is 3.30. The van der Waals surface area contributed by atoms with Crippen LogP contribution in [0.25, 0.3) is 16.6 Å². The van der Waals surface area contributed by atoms with Crippen molar-refractivity contribution in [1.29, 1.82) is 5.26 Å². The van der Waals surface area contributed by atoms with E-state index in [0.717, 1.165) is 16.0 Å². The molecule has 4 aromatic heterocycles. The van der Waals surface area contributed by atoms with E-state index in [-0.39, 0.29) is 0 Å². The van der Waals surface area contributed by atoms with Crippen molar-refractivity contribution in [2.24, 2.45) is 0 Å². The highest BCUT2D eigenvalue weighted by Crippen LogP contribution is 2.34. The molecule has 4 aromatic rings. The molecule has 4 heterocycles. The lowest BCUT2D eigenvalue weighted by atomic mass is 10.1. The first-order chi connectivity index (χ1) is 11.7. The molecule has 0 atom stereocenters. The third-order valence-corrected chi connectivity index (χ3v) is 4.43. The number of halogens is 1. The minimum atomic E-state index is -0.390. The summed E-state index contributed by atoms with van der Waals surface area (Å²) in [6, 6.07) is 7.04. The number of pyridine rings is 2. The highest BCUT2D eigenvalue weighted by molar-refractivity contribution is 7.99. The van der Waals surface area contributed by atoms with Gasteiger partial charge in [0.1, 0.15) is 16.9 Å². The Bertz CT molecular complexity index is 1050. The van der Waals surface area contributed by atoms with Crippen molar-refractivity contribution < 1.29 is 4.39 Å². The maximum Gasteiger partial charge on any atom is 0.141 e. The predicted molar refractivity (Wildman–Crippen MR) is 85.8 cm³/mol. The van der Waals surface area contributed by atoms with Gasteiger partial charge in [0.25, 0.3) is 0 Å². The van der Waals surface area contributed by atoms with E-state index >= 15 is 0 Å². The number of rotatable bonds is 3. The molecule has 0 unspecified atom stereocenters. The van der Waals surface area contributed by atoms with Crippen LogP contribution < -0.4 is 0 Å². The van der Waals surface area contributed by atoms with Crippen molar-refractivity contribution in [2.45, 2.75) is 9.92 Å². The lowest BCUT2D eigenvalue weighted by Gasteiger charge is -2.07. The second-order valence-corrected chi connectivity index (χ2v) is 6.02. The van der Waals surface area contributed by atoms with Gasteiger partial charge in [-0.3, -0.25) is 5.10 Å². The van der Waals surface area contributed by atoms with Crippen molar-refractivity contribution >= 4 is 17.3 Å². The molecule has 0 aliphatic heterocycles. The van der Waals surface area contributed by atoms with Crippen molar-refractivity contribution in [3.8, 4) is 17.2 Å². The molecule has 0 bridgehead atoms. The highest BCUT2D eigenvalue weighted by atomic mass is 32.2. The van der Waals surface area contributed by atoms with E-state index in [4.69, 9.17) is 0 Å². The molecule has 0 aliphatic carbocycles. The second-order valence-electron chi connectivity index (χ2n) is 4.96. The molecule has 116 valence electrons. The molecule has 0 fully saturated rings. The summed E-state index contributed by atoms with van der Waals surface area (Å²) in [5.41, 5.74) is 2.97. The molecular formula is C16H9FN6S. The van der Waals surface area contributed by atoms with Crippen molar-refractivity contribution in [1.82, 2.24) is 24.8 Å². The number of nitriles is 1. The number of aromatic amines is 1. The molecule has 6 nitrogen and oxygen atoms in total. The first-order valence-electron chi connectivity index (χ1n) is 6.94. The molecule has 0 aliphatic rings. The summed E-state index contributed by atoms with van der Waals surface area (Å²) < 4.78 is 14.7. The number of hydrogen-bond donors (Lipinski definition) is 1. The van der Waals surface area contributed by atoms with E-state index in [2.05, 4.69) is 26.3 Å². The standard InChI is InChI=1S/C16H9FN6S/c17-13-1-2-15(19-8-13)24-14-3-10(12-5-20-21-6-12)9-23-16(14)11(4-18)7-22-23/h1-3,5-9H,(H,20,21). The highest BCUT2D eigenvalue weighted by Gasteiger charge is 2.14. The monoisotopic (exact) mass is 336 g/mol. The third kappa shape index (κ3) is 2.51. The first kappa shape index (κ1) is 14.4. The Morgan fingerprint density at radius 3 is 2.83 bits per heavy atom. The predicted octanol–water partition coefficient (Wildman–Crippen LogP) is 3.28. The summed E-state index contributed by atoms with van der Waals surface area (Å²) in [4.78, 5) is 4.88. The van der Waals surface area contributed by atoms with Crippen molar-refractivity contribution in [3.05, 3.63) is 60.6 Å². The lowest BCUT2D eigenvalue weighted by molar-refractivity contribution is 0.618. The molecule has 8 heteroatoms. The fraction of sp³-hybridized carbons (Fsp3) is 0. The second kappa shape index (κ2) is 5.79. The van der Waals surface area contributed by atoms with E-state index in [1.165, 1.54) is 30.2 Å². The molecule has 0 amide bonds. The van der Waals surface area contributed by atoms with Gasteiger partial charge >= 0.3 is 0 Å². The average molecular weight is 336 g/mol. The van der Waals surface area contributed by atoms with Gasteiger partial charge in [-0.15, -0.1) is 0 Å². The number of hydrogen-bond acceptors (Lipinski definition) is 5. The zero-order chi connectivity index (χ0) is 16.5. The zero-order valence-corrected chi connectivity index (χ0v) is 13.0. The lowest BCUT2D eigenvalue weighted by Crippen LogP contribution is -1.92. The molecule has 0 saturated carbocycles. The Balaban J connectivity index is 1.89. The summed E-state index contributed by atoms with van der Waals surface area (Å²) in [5, 5.41) is 20.9. The van der Waals surface area contributed by atoms with Crippen LogP contribution in [0.15, 0.2) is 59.1 Å². The van der Waals surface area contributed by atoms with Crippen molar-refractivity contribution in [3.63, 3.8) is 0 Å². The Morgan fingerprint density at radius 2 is 2.12 bits per heavy atom. The molecule has 24 heavy (non-hydrogen) atoms. The van der Waals surface area contributed by atoms with E-state index in [1.807, 2.05) is 12.3 Å².